The first-order valence-corrected chi connectivity index (χ1v) is 6.09. The lowest BCUT2D eigenvalue weighted by molar-refractivity contribution is 0.102. The number of pyridine rings is 2. The maximum absolute atomic E-state index is 11.9. The largest absolute Gasteiger partial charge is 0.478 e. The van der Waals surface area contributed by atoms with Crippen molar-refractivity contribution in [2.75, 3.05) is 11.9 Å². The first-order valence-electron chi connectivity index (χ1n) is 5.72. The molecular weight excluding hydrogens is 266 g/mol. The van der Waals surface area contributed by atoms with Crippen LogP contribution >= 0.6 is 11.6 Å². The van der Waals surface area contributed by atoms with Gasteiger partial charge in [0.1, 0.15) is 10.8 Å². The zero-order valence-electron chi connectivity index (χ0n) is 10.3. The van der Waals surface area contributed by atoms with Crippen molar-refractivity contribution in [3.05, 3.63) is 47.4 Å². The molecule has 1 amide bonds. The molecule has 6 heteroatoms. The van der Waals surface area contributed by atoms with E-state index in [1.807, 2.05) is 6.92 Å². The van der Waals surface area contributed by atoms with E-state index in [2.05, 4.69) is 15.3 Å². The number of carbonyl (C=O) groups excluding carboxylic acids is 1. The molecule has 0 radical (unpaired) electrons. The average Bonchev–Trinajstić information content (AvgIpc) is 2.41. The van der Waals surface area contributed by atoms with Crippen molar-refractivity contribution in [1.82, 2.24) is 9.97 Å². The van der Waals surface area contributed by atoms with E-state index < -0.39 is 0 Å². The van der Waals surface area contributed by atoms with Crippen LogP contribution in [0.25, 0.3) is 0 Å². The van der Waals surface area contributed by atoms with E-state index in [0.29, 0.717) is 18.2 Å². The number of aromatic nitrogens is 2. The summed E-state index contributed by atoms with van der Waals surface area (Å²) < 4.78 is 5.21. The molecule has 0 spiro atoms. The van der Waals surface area contributed by atoms with Crippen LogP contribution in [0.2, 0.25) is 5.15 Å². The zero-order valence-corrected chi connectivity index (χ0v) is 11.0. The summed E-state index contributed by atoms with van der Waals surface area (Å²) in [5, 5.41) is 2.95. The van der Waals surface area contributed by atoms with Gasteiger partial charge in [-0.05, 0) is 25.1 Å². The summed E-state index contributed by atoms with van der Waals surface area (Å²) in [4.78, 5) is 19.9. The number of halogens is 1. The van der Waals surface area contributed by atoms with Crippen LogP contribution in [0.15, 0.2) is 36.5 Å². The average molecular weight is 278 g/mol. The normalized spacial score (nSPS) is 10.0. The first-order chi connectivity index (χ1) is 9.19. The molecule has 2 heterocycles. The fourth-order valence-electron chi connectivity index (χ4n) is 1.42. The number of rotatable bonds is 4. The molecule has 0 fully saturated rings. The smallest absolute Gasteiger partial charge is 0.274 e. The second-order valence-electron chi connectivity index (χ2n) is 3.62. The summed E-state index contributed by atoms with van der Waals surface area (Å²) >= 11 is 5.73. The molecule has 2 rings (SSSR count). The maximum Gasteiger partial charge on any atom is 0.274 e. The molecule has 0 saturated carbocycles. The Balaban J connectivity index is 2.06. The molecule has 0 bridgehead atoms. The quantitative estimate of drug-likeness (QED) is 0.873. The molecule has 0 aliphatic rings. The molecule has 2 aromatic heterocycles. The van der Waals surface area contributed by atoms with Gasteiger partial charge in [0.2, 0.25) is 5.88 Å². The minimum atomic E-state index is -0.339. The fraction of sp³-hybridized carbons (Fsp3) is 0.154. The molecule has 0 aromatic carbocycles. The number of nitrogens with zero attached hydrogens (tertiary/aromatic N) is 2. The highest BCUT2D eigenvalue weighted by molar-refractivity contribution is 6.29. The Morgan fingerprint density at radius 1 is 1.37 bits per heavy atom. The molecular formula is C13H12ClN3O2. The van der Waals surface area contributed by atoms with Gasteiger partial charge in [-0.3, -0.25) is 4.79 Å². The Labute approximate surface area is 115 Å². The van der Waals surface area contributed by atoms with Gasteiger partial charge >= 0.3 is 0 Å². The van der Waals surface area contributed by atoms with E-state index in [0.717, 1.165) is 0 Å². The minimum absolute atomic E-state index is 0.251. The second kappa shape index (κ2) is 6.15. The Hall–Kier alpha value is -2.14. The number of hydrogen-bond donors (Lipinski definition) is 1. The SMILES string of the molecule is CCOc1ccc(NC(=O)c2cccc(Cl)n2)cn1. The molecule has 5 nitrogen and oxygen atoms in total. The third-order valence-electron chi connectivity index (χ3n) is 2.23. The minimum Gasteiger partial charge on any atom is -0.478 e. The van der Waals surface area contributed by atoms with Crippen LogP contribution in [0.3, 0.4) is 0 Å². The molecule has 2 aromatic rings. The van der Waals surface area contributed by atoms with E-state index in [1.54, 1.807) is 30.3 Å². The van der Waals surface area contributed by atoms with E-state index in [1.165, 1.54) is 6.20 Å². The van der Waals surface area contributed by atoms with E-state index in [-0.39, 0.29) is 16.8 Å². The summed E-state index contributed by atoms with van der Waals surface area (Å²) in [5.41, 5.74) is 0.816. The Morgan fingerprint density at radius 3 is 2.84 bits per heavy atom. The van der Waals surface area contributed by atoms with Crippen LogP contribution in [0, 0.1) is 0 Å². The summed E-state index contributed by atoms with van der Waals surface area (Å²) in [6.07, 6.45) is 1.52. The van der Waals surface area contributed by atoms with Crippen molar-refractivity contribution in [3.8, 4) is 5.88 Å². The van der Waals surface area contributed by atoms with Crippen LogP contribution in [-0.4, -0.2) is 22.5 Å². The standard InChI is InChI=1S/C13H12ClN3O2/c1-2-19-12-7-6-9(8-15-12)16-13(18)10-4-3-5-11(14)17-10/h3-8H,2H2,1H3,(H,16,18). The van der Waals surface area contributed by atoms with Crippen molar-refractivity contribution in [3.63, 3.8) is 0 Å². The maximum atomic E-state index is 11.9. The zero-order chi connectivity index (χ0) is 13.7. The van der Waals surface area contributed by atoms with Crippen LogP contribution in [0.4, 0.5) is 5.69 Å². The number of amides is 1. The van der Waals surface area contributed by atoms with Crippen LogP contribution < -0.4 is 10.1 Å². The summed E-state index contributed by atoms with van der Waals surface area (Å²) in [7, 11) is 0. The molecule has 0 saturated heterocycles. The molecule has 98 valence electrons. The lowest BCUT2D eigenvalue weighted by Crippen LogP contribution is -2.13. The summed E-state index contributed by atoms with van der Waals surface area (Å²) in [6.45, 7) is 2.42. The predicted molar refractivity (Wildman–Crippen MR) is 72.6 cm³/mol. The van der Waals surface area contributed by atoms with Crippen LogP contribution in [-0.2, 0) is 0 Å². The van der Waals surface area contributed by atoms with Gasteiger partial charge in [-0.2, -0.15) is 0 Å². The highest BCUT2D eigenvalue weighted by Crippen LogP contribution is 2.13. The van der Waals surface area contributed by atoms with Crippen molar-refractivity contribution in [1.29, 1.82) is 0 Å². The van der Waals surface area contributed by atoms with Gasteiger partial charge < -0.3 is 10.1 Å². The number of anilines is 1. The molecule has 0 aliphatic carbocycles. The number of carbonyl (C=O) groups is 1. The topological polar surface area (TPSA) is 64.1 Å². The Kier molecular flexibility index (Phi) is 4.30. The summed E-state index contributed by atoms with van der Waals surface area (Å²) in [5.74, 6) is 0.176. The Bertz CT molecular complexity index is 572. The summed E-state index contributed by atoms with van der Waals surface area (Å²) in [6, 6.07) is 8.26. The molecule has 0 atom stereocenters. The van der Waals surface area contributed by atoms with Gasteiger partial charge in [0.05, 0.1) is 18.5 Å². The van der Waals surface area contributed by atoms with Crippen molar-refractivity contribution in [2.24, 2.45) is 0 Å². The second-order valence-corrected chi connectivity index (χ2v) is 4.01. The first kappa shape index (κ1) is 13.3. The fourth-order valence-corrected chi connectivity index (χ4v) is 1.58. The lowest BCUT2D eigenvalue weighted by atomic mass is 10.3. The Morgan fingerprint density at radius 2 is 2.21 bits per heavy atom. The third-order valence-corrected chi connectivity index (χ3v) is 2.44. The molecule has 0 aliphatic heterocycles. The molecule has 0 unspecified atom stereocenters. The molecule has 19 heavy (non-hydrogen) atoms. The number of nitrogens with one attached hydrogen (secondary N) is 1. The monoisotopic (exact) mass is 277 g/mol. The van der Waals surface area contributed by atoms with E-state index in [4.69, 9.17) is 16.3 Å². The highest BCUT2D eigenvalue weighted by atomic mass is 35.5. The van der Waals surface area contributed by atoms with E-state index in [9.17, 15) is 4.79 Å². The van der Waals surface area contributed by atoms with Gasteiger partial charge in [-0.1, -0.05) is 17.7 Å². The van der Waals surface area contributed by atoms with Gasteiger partial charge in [0.25, 0.3) is 5.91 Å². The number of ether oxygens (including phenoxy) is 1. The van der Waals surface area contributed by atoms with Gasteiger partial charge in [-0.25, -0.2) is 9.97 Å². The van der Waals surface area contributed by atoms with Crippen LogP contribution in [0.1, 0.15) is 17.4 Å². The van der Waals surface area contributed by atoms with Crippen molar-refractivity contribution in [2.45, 2.75) is 6.92 Å². The predicted octanol–water partition coefficient (Wildman–Crippen LogP) is 2.78. The number of hydrogen-bond acceptors (Lipinski definition) is 4. The van der Waals surface area contributed by atoms with Gasteiger partial charge in [-0.15, -0.1) is 0 Å². The highest BCUT2D eigenvalue weighted by Gasteiger charge is 2.08. The third kappa shape index (κ3) is 3.66. The van der Waals surface area contributed by atoms with Crippen molar-refractivity contribution < 1.29 is 9.53 Å². The molecule has 1 N–H and O–H groups in total. The van der Waals surface area contributed by atoms with Gasteiger partial charge in [0, 0.05) is 6.07 Å². The van der Waals surface area contributed by atoms with Gasteiger partial charge in [0.15, 0.2) is 0 Å². The van der Waals surface area contributed by atoms with E-state index >= 15 is 0 Å². The lowest BCUT2D eigenvalue weighted by Gasteiger charge is -2.06. The van der Waals surface area contributed by atoms with Crippen LogP contribution in [0.5, 0.6) is 5.88 Å². The van der Waals surface area contributed by atoms with Crippen molar-refractivity contribution >= 4 is 23.2 Å².